The van der Waals surface area contributed by atoms with Crippen LogP contribution in [0.3, 0.4) is 0 Å². The largest absolute Gasteiger partial charge is 0.492 e. The van der Waals surface area contributed by atoms with Crippen molar-refractivity contribution in [3.05, 3.63) is 35.3 Å². The van der Waals surface area contributed by atoms with Crippen molar-refractivity contribution in [1.82, 2.24) is 5.32 Å². The highest BCUT2D eigenvalue weighted by molar-refractivity contribution is 6.56. The number of anilines is 1. The second-order valence-corrected chi connectivity index (χ2v) is 10.8. The minimum absolute atomic E-state index is 0.278. The van der Waals surface area contributed by atoms with Crippen LogP contribution in [0.4, 0.5) is 10.5 Å². The summed E-state index contributed by atoms with van der Waals surface area (Å²) in [4.78, 5) is 14.8. The number of amides is 1. The normalized spacial score (nSPS) is 20.9. The number of rotatable bonds is 5. The van der Waals surface area contributed by atoms with Gasteiger partial charge < -0.3 is 24.3 Å². The fourth-order valence-corrected chi connectivity index (χ4v) is 3.92. The Morgan fingerprint density at radius 2 is 1.69 bits per heavy atom. The Balaban J connectivity index is 1.89. The van der Waals surface area contributed by atoms with Gasteiger partial charge in [0.15, 0.2) is 0 Å². The molecule has 0 bridgehead atoms. The van der Waals surface area contributed by atoms with Gasteiger partial charge in [-0.3, -0.25) is 0 Å². The van der Waals surface area contributed by atoms with Crippen molar-refractivity contribution in [1.29, 1.82) is 0 Å². The first-order valence-corrected chi connectivity index (χ1v) is 11.7. The maximum Gasteiger partial charge on any atom is 0.492 e. The summed E-state index contributed by atoms with van der Waals surface area (Å²) < 4.78 is 18.1. The minimum atomic E-state index is -0.556. The van der Waals surface area contributed by atoms with Crippen LogP contribution in [-0.2, 0) is 14.0 Å². The van der Waals surface area contributed by atoms with Crippen LogP contribution in [0.15, 0.2) is 29.7 Å². The van der Waals surface area contributed by atoms with Crippen LogP contribution in [0, 0.1) is 0 Å². The Hall–Kier alpha value is -1.99. The predicted octanol–water partition coefficient (Wildman–Crippen LogP) is 5.22. The summed E-state index contributed by atoms with van der Waals surface area (Å²) in [5.41, 5.74) is 1.69. The van der Waals surface area contributed by atoms with Crippen LogP contribution in [0.25, 0.3) is 6.08 Å². The predicted molar refractivity (Wildman–Crippen MR) is 131 cm³/mol. The molecule has 2 saturated heterocycles. The number of carbonyl (C=O) groups is 1. The van der Waals surface area contributed by atoms with Crippen LogP contribution in [0.1, 0.15) is 73.3 Å². The standard InChI is InChI=1S/C25H39BN2O4/c1-23(2,3)30-22(29)27-18-20(26-31-24(4,5)25(6,7)32-26)17-19-13-9-10-14-21(19)28-15-11-8-12-16-28/h9-10,13-14,17H,8,11-12,15-16,18H2,1-7H3,(H,27,29). The third-order valence-corrected chi connectivity index (χ3v) is 6.37. The van der Waals surface area contributed by atoms with Gasteiger partial charge in [0.1, 0.15) is 5.60 Å². The minimum Gasteiger partial charge on any atom is -0.444 e. The van der Waals surface area contributed by atoms with E-state index in [0.717, 1.165) is 24.1 Å². The summed E-state index contributed by atoms with van der Waals surface area (Å²) in [7, 11) is -0.552. The Bertz CT molecular complexity index is 823. The van der Waals surface area contributed by atoms with E-state index in [9.17, 15) is 4.79 Å². The molecule has 3 rings (SSSR count). The molecule has 176 valence electrons. The number of carbonyl (C=O) groups excluding carboxylic acids is 1. The fourth-order valence-electron chi connectivity index (χ4n) is 3.92. The van der Waals surface area contributed by atoms with E-state index in [1.54, 1.807) is 0 Å². The molecule has 6 nitrogen and oxygen atoms in total. The lowest BCUT2D eigenvalue weighted by Gasteiger charge is -2.32. The molecule has 2 fully saturated rings. The van der Waals surface area contributed by atoms with Crippen molar-refractivity contribution in [3.63, 3.8) is 0 Å². The van der Waals surface area contributed by atoms with Crippen LogP contribution >= 0.6 is 0 Å². The highest BCUT2D eigenvalue weighted by atomic mass is 16.7. The maximum atomic E-state index is 12.3. The lowest BCUT2D eigenvalue weighted by atomic mass is 9.76. The summed E-state index contributed by atoms with van der Waals surface area (Å²) in [6.45, 7) is 16.1. The number of para-hydroxylation sites is 1. The van der Waals surface area contributed by atoms with Crippen molar-refractivity contribution >= 4 is 25.0 Å². The van der Waals surface area contributed by atoms with E-state index in [1.165, 1.54) is 24.9 Å². The molecule has 1 amide bonds. The zero-order valence-corrected chi connectivity index (χ0v) is 20.8. The molecule has 0 radical (unpaired) electrons. The number of ether oxygens (including phenoxy) is 1. The second-order valence-electron chi connectivity index (χ2n) is 10.8. The highest BCUT2D eigenvalue weighted by Crippen LogP contribution is 2.39. The highest BCUT2D eigenvalue weighted by Gasteiger charge is 2.52. The van der Waals surface area contributed by atoms with Gasteiger partial charge in [-0.05, 0) is 84.8 Å². The van der Waals surface area contributed by atoms with Crippen molar-refractivity contribution in [2.75, 3.05) is 24.5 Å². The Kier molecular flexibility index (Phi) is 7.30. The molecule has 1 aromatic carbocycles. The Labute approximate surface area is 193 Å². The molecule has 0 aliphatic carbocycles. The number of nitrogens with one attached hydrogen (secondary N) is 1. The summed E-state index contributed by atoms with van der Waals surface area (Å²) in [5.74, 6) is 0. The molecule has 2 heterocycles. The molecular weight excluding hydrogens is 403 g/mol. The van der Waals surface area contributed by atoms with E-state index >= 15 is 0 Å². The Morgan fingerprint density at radius 3 is 2.28 bits per heavy atom. The number of nitrogens with zero attached hydrogens (tertiary/aromatic N) is 1. The van der Waals surface area contributed by atoms with Gasteiger partial charge >= 0.3 is 13.2 Å². The summed E-state index contributed by atoms with van der Waals surface area (Å²) in [6, 6.07) is 8.40. The zero-order valence-electron chi connectivity index (χ0n) is 20.8. The monoisotopic (exact) mass is 442 g/mol. The first-order chi connectivity index (χ1) is 14.9. The van der Waals surface area contributed by atoms with Gasteiger partial charge in [-0.15, -0.1) is 0 Å². The second kappa shape index (κ2) is 9.48. The number of hydrogen-bond donors (Lipinski definition) is 1. The van der Waals surface area contributed by atoms with Crippen LogP contribution in [0.2, 0.25) is 0 Å². The topological polar surface area (TPSA) is 60.0 Å². The molecule has 32 heavy (non-hydrogen) atoms. The molecular formula is C25H39BN2O4. The molecule has 0 saturated carbocycles. The molecule has 0 atom stereocenters. The van der Waals surface area contributed by atoms with Gasteiger partial charge in [0, 0.05) is 25.3 Å². The first kappa shape index (κ1) is 24.7. The molecule has 0 unspecified atom stereocenters. The smallest absolute Gasteiger partial charge is 0.444 e. The van der Waals surface area contributed by atoms with E-state index in [1.807, 2.05) is 54.5 Å². The van der Waals surface area contributed by atoms with E-state index in [-0.39, 0.29) is 6.54 Å². The fraction of sp³-hybridized carbons (Fsp3) is 0.640. The number of benzene rings is 1. The third-order valence-electron chi connectivity index (χ3n) is 6.37. The van der Waals surface area contributed by atoms with Crippen molar-refractivity contribution in [2.24, 2.45) is 0 Å². The molecule has 1 aromatic rings. The van der Waals surface area contributed by atoms with Gasteiger partial charge in [-0.25, -0.2) is 4.79 Å². The molecule has 1 N–H and O–H groups in total. The average molecular weight is 442 g/mol. The summed E-state index contributed by atoms with van der Waals surface area (Å²) >= 11 is 0. The van der Waals surface area contributed by atoms with E-state index in [2.05, 4.69) is 34.5 Å². The molecule has 7 heteroatoms. The van der Waals surface area contributed by atoms with Gasteiger partial charge in [-0.2, -0.15) is 0 Å². The van der Waals surface area contributed by atoms with Crippen molar-refractivity contribution in [3.8, 4) is 0 Å². The van der Waals surface area contributed by atoms with Crippen LogP contribution in [0.5, 0.6) is 0 Å². The zero-order chi connectivity index (χ0) is 23.6. The molecule has 2 aliphatic rings. The molecule has 0 spiro atoms. The summed E-state index contributed by atoms with van der Waals surface area (Å²) in [5, 5.41) is 2.89. The first-order valence-electron chi connectivity index (χ1n) is 11.7. The molecule has 0 aromatic heterocycles. The number of alkyl carbamates (subject to hydrolysis) is 1. The van der Waals surface area contributed by atoms with Crippen LogP contribution in [-0.4, -0.2) is 49.6 Å². The lowest BCUT2D eigenvalue weighted by Crippen LogP contribution is -2.41. The average Bonchev–Trinajstić information content (AvgIpc) is 2.92. The number of hydrogen-bond acceptors (Lipinski definition) is 5. The van der Waals surface area contributed by atoms with E-state index < -0.39 is 30.0 Å². The van der Waals surface area contributed by atoms with Crippen molar-refractivity contribution in [2.45, 2.75) is 84.5 Å². The van der Waals surface area contributed by atoms with Crippen molar-refractivity contribution < 1.29 is 18.8 Å². The Morgan fingerprint density at radius 1 is 1.09 bits per heavy atom. The summed E-state index contributed by atoms with van der Waals surface area (Å²) in [6.07, 6.45) is 5.35. The van der Waals surface area contributed by atoms with Gasteiger partial charge in [0.2, 0.25) is 0 Å². The third kappa shape index (κ3) is 6.07. The lowest BCUT2D eigenvalue weighted by molar-refractivity contribution is 0.00578. The van der Waals surface area contributed by atoms with E-state index in [4.69, 9.17) is 14.0 Å². The van der Waals surface area contributed by atoms with E-state index in [0.29, 0.717) is 0 Å². The quantitative estimate of drug-likeness (QED) is 0.634. The van der Waals surface area contributed by atoms with Gasteiger partial charge in [0.25, 0.3) is 0 Å². The SMILES string of the molecule is CC(C)(C)OC(=O)NCC(=Cc1ccccc1N1CCCCC1)B1OC(C)(C)C(C)(C)O1. The maximum absolute atomic E-state index is 12.3. The van der Waals surface area contributed by atoms with Gasteiger partial charge in [0.05, 0.1) is 11.2 Å². The van der Waals surface area contributed by atoms with Crippen LogP contribution < -0.4 is 10.2 Å². The molecule has 2 aliphatic heterocycles. The van der Waals surface area contributed by atoms with Gasteiger partial charge in [-0.1, -0.05) is 24.3 Å². The number of piperidine rings is 1.